The van der Waals surface area contributed by atoms with Crippen molar-refractivity contribution in [2.45, 2.75) is 104 Å². The van der Waals surface area contributed by atoms with Crippen LogP contribution in [0.15, 0.2) is 0 Å². The van der Waals surface area contributed by atoms with Gasteiger partial charge in [0.15, 0.2) is 0 Å². The Morgan fingerprint density at radius 2 is 1.04 bits per heavy atom. The van der Waals surface area contributed by atoms with E-state index in [4.69, 9.17) is 3.40 Å². The molecule has 2 atom stereocenters. The summed E-state index contributed by atoms with van der Waals surface area (Å²) in [5, 5.41) is 29.6. The molecular formula is C21H42Cl2O4W. The van der Waals surface area contributed by atoms with Crippen LogP contribution in [0.25, 0.3) is 0 Å². The van der Waals surface area contributed by atoms with E-state index in [0.29, 0.717) is 26.2 Å². The third-order valence-corrected chi connectivity index (χ3v) is 6.45. The van der Waals surface area contributed by atoms with Crippen molar-refractivity contribution in [1.29, 1.82) is 0 Å². The van der Waals surface area contributed by atoms with E-state index < -0.39 is 12.2 Å². The van der Waals surface area contributed by atoms with Crippen molar-refractivity contribution >= 4 is 24.8 Å². The molecule has 4 rings (SSSR count). The maximum atomic E-state index is 10.1. The van der Waals surface area contributed by atoms with E-state index in [1.807, 2.05) is 41.5 Å². The van der Waals surface area contributed by atoms with Crippen molar-refractivity contribution in [3.05, 3.63) is 0 Å². The number of hydrogen-bond acceptors (Lipinski definition) is 4. The van der Waals surface area contributed by atoms with Crippen LogP contribution in [0.2, 0.25) is 0 Å². The van der Waals surface area contributed by atoms with Crippen LogP contribution in [0.4, 0.5) is 0 Å². The number of halogens is 2. The van der Waals surface area contributed by atoms with Gasteiger partial charge in [-0.15, -0.1) is 24.8 Å². The fraction of sp³-hybridized carbons (Fsp3) is 1.00. The summed E-state index contributed by atoms with van der Waals surface area (Å²) in [6.45, 7) is 11.9. The monoisotopic (exact) mass is 612 g/mol. The fourth-order valence-corrected chi connectivity index (χ4v) is 4.98. The zero-order valence-electron chi connectivity index (χ0n) is 18.3. The summed E-state index contributed by atoms with van der Waals surface area (Å²) < 4.78 is 8.33. The molecule has 28 heavy (non-hydrogen) atoms. The number of aliphatic hydroxyl groups is 3. The van der Waals surface area contributed by atoms with E-state index in [1.54, 1.807) is 0 Å². The summed E-state index contributed by atoms with van der Waals surface area (Å²) >= 11 is 0.333. The molecule has 170 valence electrons. The molecule has 0 heterocycles. The van der Waals surface area contributed by atoms with Crippen LogP contribution in [0, 0.1) is 28.6 Å². The summed E-state index contributed by atoms with van der Waals surface area (Å²) in [5.74, 6) is 2.68. The van der Waals surface area contributed by atoms with E-state index in [1.165, 1.54) is 19.3 Å². The molecule has 4 fully saturated rings. The second-order valence-electron chi connectivity index (χ2n) is 11.1. The summed E-state index contributed by atoms with van der Waals surface area (Å²) in [6, 6.07) is 0. The molecule has 4 bridgehead atoms. The Morgan fingerprint density at radius 3 is 1.21 bits per heavy atom. The topological polar surface area (TPSA) is 77.8 Å². The number of aliphatic hydroxyl groups excluding tert-OH is 2. The average Bonchev–Trinajstić information content (AvgIpc) is 2.45. The molecular weight excluding hydrogens is 571 g/mol. The summed E-state index contributed by atoms with van der Waals surface area (Å²) in [4.78, 5) is 0. The van der Waals surface area contributed by atoms with Gasteiger partial charge in [0.2, 0.25) is 0 Å². The van der Waals surface area contributed by atoms with Crippen molar-refractivity contribution < 1.29 is 38.5 Å². The summed E-state index contributed by atoms with van der Waals surface area (Å²) in [5.41, 5.74) is -0.493. The Morgan fingerprint density at radius 1 is 0.786 bits per heavy atom. The van der Waals surface area contributed by atoms with Gasteiger partial charge in [0.25, 0.3) is 0 Å². The van der Waals surface area contributed by atoms with Gasteiger partial charge in [-0.3, -0.25) is 0 Å². The Hall–Kier alpha value is 0.948. The van der Waals surface area contributed by atoms with Gasteiger partial charge in [0.1, 0.15) is 0 Å². The third kappa shape index (κ3) is 9.39. The SMILES string of the molecule is CC(C)(C)C(O)CC(O)C(C)(C)C.Cl.Cl.OC12CC3CC(CC(C3)C1)C2.[O]=[W]. The first-order valence-electron chi connectivity index (χ1n) is 10.0. The Kier molecular flexibility index (Phi) is 13.5. The average molecular weight is 613 g/mol. The molecule has 4 aliphatic carbocycles. The molecule has 4 nitrogen and oxygen atoms in total. The molecule has 0 aromatic rings. The molecule has 7 heteroatoms. The second kappa shape index (κ2) is 12.1. The molecule has 0 aromatic heterocycles. The first-order chi connectivity index (χ1) is 11.8. The number of hydrogen-bond donors (Lipinski definition) is 3. The molecule has 0 amide bonds. The van der Waals surface area contributed by atoms with E-state index in [0.717, 1.165) is 37.0 Å². The van der Waals surface area contributed by atoms with Crippen LogP contribution in [0.5, 0.6) is 0 Å². The molecule has 2 unspecified atom stereocenters. The summed E-state index contributed by atoms with van der Waals surface area (Å²) in [6.07, 6.45) is 7.23. The van der Waals surface area contributed by atoms with Crippen molar-refractivity contribution in [2.75, 3.05) is 0 Å². The van der Waals surface area contributed by atoms with E-state index >= 15 is 0 Å². The van der Waals surface area contributed by atoms with Gasteiger partial charge < -0.3 is 15.3 Å². The standard InChI is InChI=1S/C11H24O2.C10H16O.2ClH.O.W/c1-10(2,3)8(12)7-9(13)11(4,5)6;11-10-4-7-1-8(5-10)3-9(2-7)6-10;;;;/h8-9,12-13H,7H2,1-6H3;7-9,11H,1-6H2;2*1H;;. The van der Waals surface area contributed by atoms with Gasteiger partial charge >= 0.3 is 23.2 Å². The quantitative estimate of drug-likeness (QED) is 0.416. The Bertz CT molecular complexity index is 395. The normalized spacial score (nSPS) is 32.4. The predicted molar refractivity (Wildman–Crippen MR) is 114 cm³/mol. The van der Waals surface area contributed by atoms with Crippen LogP contribution in [-0.4, -0.2) is 33.1 Å². The summed E-state index contributed by atoms with van der Waals surface area (Å²) in [7, 11) is 0. The van der Waals surface area contributed by atoms with Crippen molar-refractivity contribution in [1.82, 2.24) is 0 Å². The molecule has 0 radical (unpaired) electrons. The van der Waals surface area contributed by atoms with Crippen molar-refractivity contribution in [2.24, 2.45) is 28.6 Å². The van der Waals surface area contributed by atoms with E-state index in [9.17, 15) is 15.3 Å². The van der Waals surface area contributed by atoms with Gasteiger partial charge in [-0.25, -0.2) is 0 Å². The van der Waals surface area contributed by atoms with Crippen LogP contribution in [0.3, 0.4) is 0 Å². The van der Waals surface area contributed by atoms with Crippen LogP contribution in [-0.2, 0) is 23.2 Å². The van der Waals surface area contributed by atoms with Gasteiger partial charge in [0, 0.05) is 6.42 Å². The fourth-order valence-electron chi connectivity index (χ4n) is 4.98. The van der Waals surface area contributed by atoms with E-state index in [-0.39, 0.29) is 41.2 Å². The minimum absolute atomic E-state index is 0. The van der Waals surface area contributed by atoms with Gasteiger partial charge in [0.05, 0.1) is 17.8 Å². The molecule has 0 spiro atoms. The minimum atomic E-state index is -0.443. The van der Waals surface area contributed by atoms with Crippen LogP contribution < -0.4 is 0 Å². The first-order valence-corrected chi connectivity index (χ1v) is 11.2. The van der Waals surface area contributed by atoms with Crippen LogP contribution >= 0.6 is 24.8 Å². The first kappa shape index (κ1) is 31.1. The van der Waals surface area contributed by atoms with Crippen molar-refractivity contribution in [3.8, 4) is 0 Å². The molecule has 0 saturated heterocycles. The van der Waals surface area contributed by atoms with Crippen molar-refractivity contribution in [3.63, 3.8) is 0 Å². The van der Waals surface area contributed by atoms with Gasteiger partial charge in [-0.05, 0) is 67.1 Å². The maximum absolute atomic E-state index is 10.1. The van der Waals surface area contributed by atoms with E-state index in [2.05, 4.69) is 0 Å². The molecule has 0 aliphatic heterocycles. The molecule has 3 N–H and O–H groups in total. The Balaban J connectivity index is 0. The Labute approximate surface area is 195 Å². The van der Waals surface area contributed by atoms with Gasteiger partial charge in [-0.1, -0.05) is 41.5 Å². The molecule has 0 aromatic carbocycles. The molecule has 4 saturated carbocycles. The zero-order chi connectivity index (χ0) is 20.3. The van der Waals surface area contributed by atoms with Gasteiger partial charge in [-0.2, -0.15) is 0 Å². The number of rotatable bonds is 2. The second-order valence-corrected chi connectivity index (χ2v) is 11.1. The zero-order valence-corrected chi connectivity index (χ0v) is 22.9. The third-order valence-electron chi connectivity index (χ3n) is 6.45. The predicted octanol–water partition coefficient (Wildman–Crippen LogP) is 4.86. The van der Waals surface area contributed by atoms with Crippen LogP contribution in [0.1, 0.15) is 86.5 Å². The molecule has 4 aliphatic rings.